The molecule has 1 heterocycles. The number of aromatic nitrogens is 2. The van der Waals surface area contributed by atoms with Crippen molar-refractivity contribution in [1.82, 2.24) is 9.55 Å². The molecular weight excluding hydrogens is 340 g/mol. The number of rotatable bonds is 4. The molecule has 0 aliphatic carbocycles. The molecule has 3 nitrogen and oxygen atoms in total. The van der Waals surface area contributed by atoms with E-state index < -0.39 is 0 Å². The topological polar surface area (TPSA) is 34.9 Å². The molecule has 0 saturated carbocycles. The van der Waals surface area contributed by atoms with E-state index in [2.05, 4.69) is 20.9 Å². The molecule has 0 spiro atoms. The summed E-state index contributed by atoms with van der Waals surface area (Å²) in [4.78, 5) is 16.2. The molecule has 0 radical (unpaired) electrons. The summed E-state index contributed by atoms with van der Waals surface area (Å²) in [5, 5.41) is 0. The highest BCUT2D eigenvalue weighted by Gasteiger charge is 2.03. The van der Waals surface area contributed by atoms with E-state index >= 15 is 0 Å². The number of nitrogens with zero attached hydrogens (tertiary/aromatic N) is 2. The lowest BCUT2D eigenvalue weighted by atomic mass is 10.1. The van der Waals surface area contributed by atoms with E-state index in [9.17, 15) is 4.79 Å². The van der Waals surface area contributed by atoms with Gasteiger partial charge in [0.05, 0.1) is 6.33 Å². The summed E-state index contributed by atoms with van der Waals surface area (Å²) >= 11 is 3.46. The molecule has 3 aromatic rings. The van der Waals surface area contributed by atoms with Gasteiger partial charge in [-0.3, -0.25) is 4.79 Å². The van der Waals surface area contributed by atoms with Crippen molar-refractivity contribution in [1.29, 1.82) is 0 Å². The molecule has 0 aliphatic heterocycles. The van der Waals surface area contributed by atoms with E-state index in [4.69, 9.17) is 0 Å². The Morgan fingerprint density at radius 3 is 2.55 bits per heavy atom. The Bertz CT molecular complexity index is 805. The van der Waals surface area contributed by atoms with Gasteiger partial charge in [-0.05, 0) is 48.0 Å². The zero-order chi connectivity index (χ0) is 15.4. The van der Waals surface area contributed by atoms with Gasteiger partial charge >= 0.3 is 0 Å². The molecule has 0 amide bonds. The number of benzene rings is 2. The van der Waals surface area contributed by atoms with Crippen LogP contribution < -0.4 is 0 Å². The predicted octanol–water partition coefficient (Wildman–Crippen LogP) is 4.53. The van der Waals surface area contributed by atoms with E-state index in [1.54, 1.807) is 18.6 Å². The molecule has 0 unspecified atom stereocenters. The first kappa shape index (κ1) is 14.5. The van der Waals surface area contributed by atoms with Gasteiger partial charge in [0, 0.05) is 28.1 Å². The van der Waals surface area contributed by atoms with Crippen molar-refractivity contribution in [3.63, 3.8) is 0 Å². The van der Waals surface area contributed by atoms with Crippen LogP contribution in [-0.2, 0) is 0 Å². The third-order valence-corrected chi connectivity index (χ3v) is 4.00. The molecule has 0 N–H and O–H groups in total. The van der Waals surface area contributed by atoms with Crippen LogP contribution in [0.25, 0.3) is 11.8 Å². The number of carbonyl (C=O) groups excluding carboxylic acids is 1. The van der Waals surface area contributed by atoms with E-state index in [1.165, 1.54) is 0 Å². The van der Waals surface area contributed by atoms with Crippen molar-refractivity contribution in [2.75, 3.05) is 0 Å². The number of imidazole rings is 1. The molecule has 22 heavy (non-hydrogen) atoms. The van der Waals surface area contributed by atoms with Crippen molar-refractivity contribution in [3.05, 3.63) is 88.9 Å². The second-order valence-electron chi connectivity index (χ2n) is 4.74. The van der Waals surface area contributed by atoms with Crippen molar-refractivity contribution in [2.24, 2.45) is 0 Å². The number of hydrogen-bond donors (Lipinski definition) is 0. The monoisotopic (exact) mass is 352 g/mol. The first-order valence-electron chi connectivity index (χ1n) is 6.79. The van der Waals surface area contributed by atoms with Crippen molar-refractivity contribution in [2.45, 2.75) is 0 Å². The van der Waals surface area contributed by atoms with Crippen LogP contribution in [0.3, 0.4) is 0 Å². The standard InChI is InChI=1S/C18H13BrN2O/c19-17-4-2-1-3-14(17)7-10-18(22)15-5-8-16(9-6-15)21-12-11-20-13-21/h1-13H/b10-7+. The smallest absolute Gasteiger partial charge is 0.185 e. The molecule has 0 atom stereocenters. The quantitative estimate of drug-likeness (QED) is 0.510. The first-order valence-corrected chi connectivity index (χ1v) is 7.59. The fraction of sp³-hybridized carbons (Fsp3) is 0. The highest BCUT2D eigenvalue weighted by atomic mass is 79.9. The van der Waals surface area contributed by atoms with Crippen LogP contribution >= 0.6 is 15.9 Å². The van der Waals surface area contributed by atoms with Crippen LogP contribution in [-0.4, -0.2) is 15.3 Å². The van der Waals surface area contributed by atoms with Crippen molar-refractivity contribution >= 4 is 27.8 Å². The second kappa shape index (κ2) is 6.54. The van der Waals surface area contributed by atoms with Gasteiger partial charge in [-0.1, -0.05) is 34.1 Å². The van der Waals surface area contributed by atoms with Gasteiger partial charge in [0.1, 0.15) is 0 Å². The summed E-state index contributed by atoms with van der Waals surface area (Å²) in [5.74, 6) is -0.0204. The minimum atomic E-state index is -0.0204. The summed E-state index contributed by atoms with van der Waals surface area (Å²) in [5.41, 5.74) is 2.61. The Labute approximate surface area is 137 Å². The number of carbonyl (C=O) groups is 1. The van der Waals surface area contributed by atoms with Crippen LogP contribution in [0.1, 0.15) is 15.9 Å². The van der Waals surface area contributed by atoms with Gasteiger partial charge in [-0.2, -0.15) is 0 Å². The molecule has 108 valence electrons. The summed E-state index contributed by atoms with van der Waals surface area (Å²) in [6.07, 6.45) is 8.72. The lowest BCUT2D eigenvalue weighted by molar-refractivity contribution is 0.104. The van der Waals surface area contributed by atoms with Crippen molar-refractivity contribution < 1.29 is 4.79 Å². The SMILES string of the molecule is O=C(/C=C/c1ccccc1Br)c1ccc(-n2ccnc2)cc1. The highest BCUT2D eigenvalue weighted by molar-refractivity contribution is 9.10. The van der Waals surface area contributed by atoms with Crippen LogP contribution in [0.5, 0.6) is 0 Å². The minimum Gasteiger partial charge on any atom is -0.306 e. The maximum absolute atomic E-state index is 12.2. The molecule has 0 bridgehead atoms. The van der Waals surface area contributed by atoms with Gasteiger partial charge in [-0.25, -0.2) is 4.98 Å². The van der Waals surface area contributed by atoms with Crippen LogP contribution in [0.4, 0.5) is 0 Å². The Morgan fingerprint density at radius 2 is 1.86 bits per heavy atom. The molecule has 0 saturated heterocycles. The zero-order valence-electron chi connectivity index (χ0n) is 11.7. The zero-order valence-corrected chi connectivity index (χ0v) is 13.3. The Balaban J connectivity index is 1.77. The molecule has 0 aliphatic rings. The summed E-state index contributed by atoms with van der Waals surface area (Å²) in [6.45, 7) is 0. The van der Waals surface area contributed by atoms with Crippen LogP contribution in [0, 0.1) is 0 Å². The lowest BCUT2D eigenvalue weighted by Crippen LogP contribution is -1.96. The molecule has 3 rings (SSSR count). The van der Waals surface area contributed by atoms with Gasteiger partial charge in [0.2, 0.25) is 0 Å². The minimum absolute atomic E-state index is 0.0204. The summed E-state index contributed by atoms with van der Waals surface area (Å²) < 4.78 is 2.86. The van der Waals surface area contributed by atoms with Gasteiger partial charge < -0.3 is 4.57 Å². The molecule has 0 fully saturated rings. The Morgan fingerprint density at radius 1 is 1.09 bits per heavy atom. The number of halogens is 1. The maximum Gasteiger partial charge on any atom is 0.185 e. The van der Waals surface area contributed by atoms with Gasteiger partial charge in [-0.15, -0.1) is 0 Å². The fourth-order valence-electron chi connectivity index (χ4n) is 2.08. The normalized spacial score (nSPS) is 11.0. The Kier molecular flexibility index (Phi) is 4.30. The fourth-order valence-corrected chi connectivity index (χ4v) is 2.50. The second-order valence-corrected chi connectivity index (χ2v) is 5.59. The molecule has 1 aromatic heterocycles. The average Bonchev–Trinajstić information content (AvgIpc) is 3.08. The van der Waals surface area contributed by atoms with E-state index in [1.807, 2.05) is 65.4 Å². The van der Waals surface area contributed by atoms with E-state index in [0.717, 1.165) is 15.7 Å². The van der Waals surface area contributed by atoms with E-state index in [-0.39, 0.29) is 5.78 Å². The largest absolute Gasteiger partial charge is 0.306 e. The summed E-state index contributed by atoms with van der Waals surface area (Å²) in [6, 6.07) is 15.2. The predicted molar refractivity (Wildman–Crippen MR) is 91.1 cm³/mol. The van der Waals surface area contributed by atoms with Crippen molar-refractivity contribution in [3.8, 4) is 5.69 Å². The van der Waals surface area contributed by atoms with Crippen LogP contribution in [0.2, 0.25) is 0 Å². The molecule has 2 aromatic carbocycles. The maximum atomic E-state index is 12.2. The number of allylic oxidation sites excluding steroid dienone is 1. The lowest BCUT2D eigenvalue weighted by Gasteiger charge is -2.02. The number of hydrogen-bond acceptors (Lipinski definition) is 2. The Hall–Kier alpha value is -2.46. The van der Waals surface area contributed by atoms with Crippen LogP contribution in [0.15, 0.2) is 77.8 Å². The van der Waals surface area contributed by atoms with Gasteiger partial charge in [0.15, 0.2) is 5.78 Å². The van der Waals surface area contributed by atoms with Gasteiger partial charge in [0.25, 0.3) is 0 Å². The molecular formula is C18H13BrN2O. The van der Waals surface area contributed by atoms with E-state index in [0.29, 0.717) is 5.56 Å². The third kappa shape index (κ3) is 3.23. The molecule has 4 heteroatoms. The highest BCUT2D eigenvalue weighted by Crippen LogP contribution is 2.18. The third-order valence-electron chi connectivity index (χ3n) is 3.27. The average molecular weight is 353 g/mol. The first-order chi connectivity index (χ1) is 10.7. The summed E-state index contributed by atoms with van der Waals surface area (Å²) in [7, 11) is 0. The number of ketones is 1.